The van der Waals surface area contributed by atoms with Crippen molar-refractivity contribution in [2.24, 2.45) is 5.92 Å². The minimum Gasteiger partial charge on any atom is -0.466 e. The van der Waals surface area contributed by atoms with E-state index in [1.807, 2.05) is 29.5 Å². The summed E-state index contributed by atoms with van der Waals surface area (Å²) in [7, 11) is 0. The molecule has 3 heterocycles. The van der Waals surface area contributed by atoms with E-state index in [1.165, 1.54) is 6.07 Å². The molecule has 2 aromatic heterocycles. The average Bonchev–Trinajstić information content (AvgIpc) is 3.27. The van der Waals surface area contributed by atoms with Gasteiger partial charge in [-0.25, -0.2) is 4.98 Å². The third-order valence-corrected chi connectivity index (χ3v) is 6.57. The molecular weight excluding hydrogens is 459 g/mol. The van der Waals surface area contributed by atoms with Crippen molar-refractivity contribution in [1.82, 2.24) is 14.3 Å². The van der Waals surface area contributed by atoms with E-state index in [0.29, 0.717) is 49.4 Å². The monoisotopic (exact) mass is 487 g/mol. The van der Waals surface area contributed by atoms with Crippen LogP contribution < -0.4 is 0 Å². The average molecular weight is 488 g/mol. The van der Waals surface area contributed by atoms with Crippen LogP contribution >= 0.6 is 0 Å². The maximum Gasteiger partial charge on any atom is 0.416 e. The highest BCUT2D eigenvalue weighted by molar-refractivity contribution is 5.79. The minimum atomic E-state index is -4.49. The predicted molar refractivity (Wildman–Crippen MR) is 124 cm³/mol. The summed E-state index contributed by atoms with van der Waals surface area (Å²) in [6.07, 6.45) is -1.85. The Hall–Kier alpha value is -3.36. The van der Waals surface area contributed by atoms with Crippen LogP contribution in [-0.4, -0.2) is 45.9 Å². The van der Waals surface area contributed by atoms with Gasteiger partial charge in [0.1, 0.15) is 5.65 Å². The molecule has 1 saturated heterocycles. The first-order valence-electron chi connectivity index (χ1n) is 11.7. The zero-order valence-electron chi connectivity index (χ0n) is 19.7. The van der Waals surface area contributed by atoms with Crippen molar-refractivity contribution in [2.45, 2.75) is 45.2 Å². The topological polar surface area (TPSA) is 63.9 Å². The minimum absolute atomic E-state index is 0.00644. The lowest BCUT2D eigenvalue weighted by atomic mass is 9.90. The van der Waals surface area contributed by atoms with Gasteiger partial charge in [0.15, 0.2) is 0 Å². The molecule has 186 valence electrons. The van der Waals surface area contributed by atoms with E-state index in [2.05, 4.69) is 4.98 Å². The molecule has 1 unspecified atom stereocenters. The summed E-state index contributed by atoms with van der Waals surface area (Å²) in [5, 5.41) is 0. The predicted octanol–water partition coefficient (Wildman–Crippen LogP) is 4.99. The lowest BCUT2D eigenvalue weighted by Gasteiger charge is -2.32. The third kappa shape index (κ3) is 5.33. The Bertz CT molecular complexity index is 1210. The summed E-state index contributed by atoms with van der Waals surface area (Å²) in [6.45, 7) is 4.78. The quantitative estimate of drug-likeness (QED) is 0.460. The van der Waals surface area contributed by atoms with Gasteiger partial charge >= 0.3 is 12.1 Å². The van der Waals surface area contributed by atoms with Crippen molar-refractivity contribution in [1.29, 1.82) is 0 Å². The number of aromatic nitrogens is 2. The van der Waals surface area contributed by atoms with Crippen LogP contribution in [0.5, 0.6) is 0 Å². The summed E-state index contributed by atoms with van der Waals surface area (Å²) in [5.74, 6) is -1.27. The number of hydrogen-bond acceptors (Lipinski definition) is 4. The number of carbonyl (C=O) groups is 2. The number of hydrogen-bond donors (Lipinski definition) is 0. The van der Waals surface area contributed by atoms with E-state index >= 15 is 0 Å². The van der Waals surface area contributed by atoms with E-state index in [1.54, 1.807) is 24.1 Å². The van der Waals surface area contributed by atoms with Crippen LogP contribution in [0.15, 0.2) is 48.7 Å². The second-order valence-electron chi connectivity index (χ2n) is 8.83. The fourth-order valence-corrected chi connectivity index (χ4v) is 4.73. The number of pyridine rings is 1. The molecule has 1 aliphatic rings. The number of amides is 1. The number of rotatable bonds is 6. The number of fused-ring (bicyclic) bond motifs is 1. The molecule has 0 bridgehead atoms. The number of piperidine rings is 1. The van der Waals surface area contributed by atoms with Gasteiger partial charge in [-0.1, -0.05) is 24.3 Å². The van der Waals surface area contributed by atoms with Crippen LogP contribution in [-0.2, 0) is 20.5 Å². The van der Waals surface area contributed by atoms with E-state index in [4.69, 9.17) is 4.74 Å². The number of halogens is 3. The Morgan fingerprint density at radius 2 is 1.86 bits per heavy atom. The maximum atomic E-state index is 13.5. The second-order valence-corrected chi connectivity index (χ2v) is 8.83. The van der Waals surface area contributed by atoms with Crippen LogP contribution in [0.25, 0.3) is 5.65 Å². The summed E-state index contributed by atoms with van der Waals surface area (Å²) in [6, 6.07) is 10.7. The van der Waals surface area contributed by atoms with Gasteiger partial charge in [-0.2, -0.15) is 13.2 Å². The Kier molecular flexibility index (Phi) is 7.14. The molecule has 1 aromatic carbocycles. The molecule has 0 radical (unpaired) electrons. The maximum absolute atomic E-state index is 13.5. The van der Waals surface area contributed by atoms with Gasteiger partial charge in [0, 0.05) is 37.3 Å². The number of nitrogens with zero attached hydrogens (tertiary/aromatic N) is 3. The highest BCUT2D eigenvalue weighted by Gasteiger charge is 2.33. The van der Waals surface area contributed by atoms with E-state index in [0.717, 1.165) is 17.8 Å². The number of carbonyl (C=O) groups excluding carboxylic acids is 2. The SMILES string of the molecule is CCOC(=O)C1CCN(C(=O)CC(c2cccc(C(F)(F)F)c2)c2cnc3cccc(C)n23)CC1. The molecular formula is C26H28F3N3O3. The summed E-state index contributed by atoms with van der Waals surface area (Å²) >= 11 is 0. The van der Waals surface area contributed by atoms with Crippen molar-refractivity contribution in [3.8, 4) is 0 Å². The normalized spacial score (nSPS) is 15.9. The summed E-state index contributed by atoms with van der Waals surface area (Å²) in [5.41, 5.74) is 1.84. The second kappa shape index (κ2) is 10.1. The molecule has 1 amide bonds. The van der Waals surface area contributed by atoms with Crippen molar-refractivity contribution < 1.29 is 27.5 Å². The Morgan fingerprint density at radius 3 is 2.54 bits per heavy atom. The number of esters is 1. The van der Waals surface area contributed by atoms with E-state index in [-0.39, 0.29) is 24.2 Å². The number of alkyl halides is 3. The number of ether oxygens (including phenoxy) is 1. The molecule has 0 N–H and O–H groups in total. The molecule has 1 atom stereocenters. The van der Waals surface area contributed by atoms with Crippen LogP contribution in [0.2, 0.25) is 0 Å². The van der Waals surface area contributed by atoms with Gasteiger partial charge < -0.3 is 14.0 Å². The van der Waals surface area contributed by atoms with E-state index in [9.17, 15) is 22.8 Å². The number of likely N-dealkylation sites (tertiary alicyclic amines) is 1. The fourth-order valence-electron chi connectivity index (χ4n) is 4.73. The summed E-state index contributed by atoms with van der Waals surface area (Å²) < 4.78 is 47.4. The van der Waals surface area contributed by atoms with Gasteiger partial charge in [-0.15, -0.1) is 0 Å². The first-order chi connectivity index (χ1) is 16.7. The molecule has 0 saturated carbocycles. The molecule has 3 aromatic rings. The fraction of sp³-hybridized carbons (Fsp3) is 0.423. The highest BCUT2D eigenvalue weighted by atomic mass is 19.4. The number of imidazole rings is 1. The van der Waals surface area contributed by atoms with Gasteiger partial charge in [-0.05, 0) is 50.5 Å². The molecule has 9 heteroatoms. The smallest absolute Gasteiger partial charge is 0.416 e. The molecule has 1 fully saturated rings. The lowest BCUT2D eigenvalue weighted by Crippen LogP contribution is -2.41. The Labute approximate surface area is 201 Å². The van der Waals surface area contributed by atoms with Crippen LogP contribution in [0.1, 0.15) is 54.6 Å². The van der Waals surface area contributed by atoms with Gasteiger partial charge in [0.05, 0.1) is 23.8 Å². The molecule has 0 spiro atoms. The molecule has 6 nitrogen and oxygen atoms in total. The Balaban J connectivity index is 1.63. The largest absolute Gasteiger partial charge is 0.466 e. The Morgan fingerprint density at radius 1 is 1.14 bits per heavy atom. The summed E-state index contributed by atoms with van der Waals surface area (Å²) in [4.78, 5) is 31.5. The van der Waals surface area contributed by atoms with Crippen molar-refractivity contribution in [3.05, 3.63) is 71.2 Å². The first kappa shape index (κ1) is 24.8. The van der Waals surface area contributed by atoms with Gasteiger partial charge in [0.25, 0.3) is 0 Å². The van der Waals surface area contributed by atoms with Crippen molar-refractivity contribution in [3.63, 3.8) is 0 Å². The van der Waals surface area contributed by atoms with Crippen molar-refractivity contribution >= 4 is 17.5 Å². The molecule has 0 aliphatic carbocycles. The first-order valence-corrected chi connectivity index (χ1v) is 11.7. The number of benzene rings is 1. The van der Waals surface area contributed by atoms with E-state index < -0.39 is 17.7 Å². The number of aryl methyl sites for hydroxylation is 1. The van der Waals surface area contributed by atoms with Crippen LogP contribution in [0.3, 0.4) is 0 Å². The van der Waals surface area contributed by atoms with Crippen LogP contribution in [0, 0.1) is 12.8 Å². The van der Waals surface area contributed by atoms with Crippen molar-refractivity contribution in [2.75, 3.05) is 19.7 Å². The third-order valence-electron chi connectivity index (χ3n) is 6.57. The zero-order valence-corrected chi connectivity index (χ0v) is 19.7. The molecule has 4 rings (SSSR count). The zero-order chi connectivity index (χ0) is 25.2. The highest BCUT2D eigenvalue weighted by Crippen LogP contribution is 2.35. The van der Waals surface area contributed by atoms with Gasteiger partial charge in [-0.3, -0.25) is 9.59 Å². The molecule has 1 aliphatic heterocycles. The molecule has 35 heavy (non-hydrogen) atoms. The van der Waals surface area contributed by atoms with Crippen LogP contribution in [0.4, 0.5) is 13.2 Å². The van der Waals surface area contributed by atoms with Gasteiger partial charge in [0.2, 0.25) is 5.91 Å². The standard InChI is InChI=1S/C26H28F3N3O3/c1-3-35-25(34)18-10-12-31(13-11-18)24(33)15-21(19-7-5-8-20(14-19)26(27,28)29)22-16-30-23-9-4-6-17(2)32(22)23/h4-9,14,16,18,21H,3,10-13,15H2,1-2H3. The lowest BCUT2D eigenvalue weighted by molar-refractivity contribution is -0.151.